The van der Waals surface area contributed by atoms with Gasteiger partial charge in [0.15, 0.2) is 0 Å². The summed E-state index contributed by atoms with van der Waals surface area (Å²) in [6.45, 7) is 6.45. The summed E-state index contributed by atoms with van der Waals surface area (Å²) in [7, 11) is 0. The van der Waals surface area contributed by atoms with Gasteiger partial charge in [-0.2, -0.15) is 0 Å². The highest BCUT2D eigenvalue weighted by Gasteiger charge is 2.14. The van der Waals surface area contributed by atoms with Crippen LogP contribution in [0.15, 0.2) is 30.2 Å². The lowest BCUT2D eigenvalue weighted by Crippen LogP contribution is -2.08. The van der Waals surface area contributed by atoms with E-state index < -0.39 is 0 Å². The molecule has 21 heavy (non-hydrogen) atoms. The van der Waals surface area contributed by atoms with Gasteiger partial charge in [0.1, 0.15) is 17.0 Å². The first-order chi connectivity index (χ1) is 10.1. The molecule has 4 nitrogen and oxygen atoms in total. The van der Waals surface area contributed by atoms with Gasteiger partial charge < -0.3 is 9.88 Å². The summed E-state index contributed by atoms with van der Waals surface area (Å²) in [6, 6.07) is 2.74. The van der Waals surface area contributed by atoms with Crippen molar-refractivity contribution in [2.24, 2.45) is 0 Å². The molecule has 110 valence electrons. The van der Waals surface area contributed by atoms with E-state index in [1.807, 2.05) is 5.38 Å². The monoisotopic (exact) mass is 320 g/mol. The van der Waals surface area contributed by atoms with Crippen LogP contribution in [-0.2, 0) is 0 Å². The van der Waals surface area contributed by atoms with Crippen LogP contribution in [0.25, 0.3) is 10.2 Å². The molecule has 0 aromatic carbocycles. The van der Waals surface area contributed by atoms with Gasteiger partial charge in [0.25, 0.3) is 0 Å². The van der Waals surface area contributed by atoms with Crippen LogP contribution in [0.4, 0.5) is 5.82 Å². The first kappa shape index (κ1) is 14.4. The summed E-state index contributed by atoms with van der Waals surface area (Å²) >= 11 is 7.77. The van der Waals surface area contributed by atoms with E-state index in [9.17, 15) is 0 Å². The second-order valence-electron chi connectivity index (χ2n) is 5.34. The topological polar surface area (TPSA) is 42.7 Å². The maximum atomic E-state index is 6.24. The van der Waals surface area contributed by atoms with Crippen molar-refractivity contribution in [3.05, 3.63) is 40.8 Å². The lowest BCUT2D eigenvalue weighted by molar-refractivity contribution is 0.601. The SMILES string of the molecule is CC(Nc1ncnc2scc(Cl)c12)c1ccn(C(C)C)c1. The molecule has 3 aromatic rings. The van der Waals surface area contributed by atoms with Gasteiger partial charge in [-0.05, 0) is 32.4 Å². The molecule has 6 heteroatoms. The molecular weight excluding hydrogens is 304 g/mol. The fourth-order valence-electron chi connectivity index (χ4n) is 2.25. The Kier molecular flexibility index (Phi) is 3.87. The molecule has 0 saturated heterocycles. The average Bonchev–Trinajstić information content (AvgIpc) is 3.07. The number of hydrogen-bond acceptors (Lipinski definition) is 4. The second-order valence-corrected chi connectivity index (χ2v) is 6.60. The summed E-state index contributed by atoms with van der Waals surface area (Å²) < 4.78 is 2.20. The van der Waals surface area contributed by atoms with Gasteiger partial charge >= 0.3 is 0 Å². The molecule has 0 bridgehead atoms. The van der Waals surface area contributed by atoms with Crippen molar-refractivity contribution >= 4 is 39.0 Å². The van der Waals surface area contributed by atoms with E-state index >= 15 is 0 Å². The van der Waals surface area contributed by atoms with E-state index in [0.29, 0.717) is 11.1 Å². The van der Waals surface area contributed by atoms with Crippen LogP contribution in [0, 0.1) is 0 Å². The van der Waals surface area contributed by atoms with Crippen LogP contribution in [0.2, 0.25) is 5.02 Å². The Bertz CT molecular complexity index is 762. The maximum Gasteiger partial charge on any atom is 0.140 e. The highest BCUT2D eigenvalue weighted by molar-refractivity contribution is 7.17. The Hall–Kier alpha value is -1.59. The molecule has 0 spiro atoms. The molecule has 1 unspecified atom stereocenters. The predicted molar refractivity (Wildman–Crippen MR) is 89.3 cm³/mol. The van der Waals surface area contributed by atoms with Crippen molar-refractivity contribution in [2.75, 3.05) is 5.32 Å². The van der Waals surface area contributed by atoms with Crippen LogP contribution in [-0.4, -0.2) is 14.5 Å². The molecule has 0 aliphatic heterocycles. The summed E-state index contributed by atoms with van der Waals surface area (Å²) in [5.41, 5.74) is 1.22. The number of anilines is 1. The van der Waals surface area contributed by atoms with E-state index in [1.165, 1.54) is 16.9 Å². The molecule has 1 atom stereocenters. The van der Waals surface area contributed by atoms with Gasteiger partial charge in [-0.25, -0.2) is 9.97 Å². The third-order valence-electron chi connectivity index (χ3n) is 3.51. The van der Waals surface area contributed by atoms with Crippen molar-refractivity contribution in [2.45, 2.75) is 32.9 Å². The van der Waals surface area contributed by atoms with Crippen LogP contribution >= 0.6 is 22.9 Å². The first-order valence-electron chi connectivity index (χ1n) is 6.88. The normalized spacial score (nSPS) is 13.0. The summed E-state index contributed by atoms with van der Waals surface area (Å²) in [5, 5.41) is 6.93. The molecule has 0 saturated carbocycles. The largest absolute Gasteiger partial charge is 0.363 e. The van der Waals surface area contributed by atoms with Crippen molar-refractivity contribution in [1.82, 2.24) is 14.5 Å². The number of nitrogens with zero attached hydrogens (tertiary/aromatic N) is 3. The first-order valence-corrected chi connectivity index (χ1v) is 8.13. The maximum absolute atomic E-state index is 6.24. The molecule has 3 aromatic heterocycles. The van der Waals surface area contributed by atoms with Crippen LogP contribution in [0.5, 0.6) is 0 Å². The molecule has 0 amide bonds. The van der Waals surface area contributed by atoms with Gasteiger partial charge in [-0.15, -0.1) is 11.3 Å². The van der Waals surface area contributed by atoms with E-state index in [-0.39, 0.29) is 6.04 Å². The van der Waals surface area contributed by atoms with Gasteiger partial charge in [0.2, 0.25) is 0 Å². The van der Waals surface area contributed by atoms with E-state index in [1.54, 1.807) is 6.33 Å². The minimum atomic E-state index is 0.152. The van der Waals surface area contributed by atoms with Gasteiger partial charge in [-0.3, -0.25) is 0 Å². The number of nitrogens with one attached hydrogen (secondary N) is 1. The zero-order valence-electron chi connectivity index (χ0n) is 12.2. The van der Waals surface area contributed by atoms with E-state index in [4.69, 9.17) is 11.6 Å². The number of halogens is 1. The Balaban J connectivity index is 1.88. The van der Waals surface area contributed by atoms with Gasteiger partial charge in [0.05, 0.1) is 16.5 Å². The third-order valence-corrected chi connectivity index (χ3v) is 4.83. The Labute approximate surface area is 132 Å². The van der Waals surface area contributed by atoms with E-state index in [2.05, 4.69) is 59.1 Å². The van der Waals surface area contributed by atoms with Crippen molar-refractivity contribution in [1.29, 1.82) is 0 Å². The predicted octanol–water partition coefficient (Wildman–Crippen LogP) is 4.90. The highest BCUT2D eigenvalue weighted by Crippen LogP contribution is 2.34. The summed E-state index contributed by atoms with van der Waals surface area (Å²) in [6.07, 6.45) is 5.84. The minimum absolute atomic E-state index is 0.152. The number of fused-ring (bicyclic) bond motifs is 1. The van der Waals surface area contributed by atoms with Crippen molar-refractivity contribution in [3.63, 3.8) is 0 Å². The zero-order valence-corrected chi connectivity index (χ0v) is 13.7. The molecule has 3 heterocycles. The summed E-state index contributed by atoms with van der Waals surface area (Å²) in [5.74, 6) is 0.788. The minimum Gasteiger partial charge on any atom is -0.363 e. The highest BCUT2D eigenvalue weighted by atomic mass is 35.5. The Morgan fingerprint density at radius 1 is 1.29 bits per heavy atom. The number of thiophene rings is 1. The molecular formula is C15H17ClN4S. The van der Waals surface area contributed by atoms with Crippen LogP contribution in [0.3, 0.4) is 0 Å². The number of aromatic nitrogens is 3. The molecule has 1 N–H and O–H groups in total. The molecule has 3 rings (SSSR count). The standard InChI is InChI=1S/C15H17ClN4S/c1-9(2)20-5-4-11(6-20)10(3)19-14-13-12(16)7-21-15(13)18-8-17-14/h4-10H,1-3H3,(H,17,18,19). The Morgan fingerprint density at radius 3 is 2.81 bits per heavy atom. The van der Waals surface area contributed by atoms with Crippen LogP contribution < -0.4 is 5.32 Å². The summed E-state index contributed by atoms with van der Waals surface area (Å²) in [4.78, 5) is 9.50. The quantitative estimate of drug-likeness (QED) is 0.743. The molecule has 0 fully saturated rings. The molecule has 0 aliphatic rings. The van der Waals surface area contributed by atoms with E-state index in [0.717, 1.165) is 16.0 Å². The molecule has 0 aliphatic carbocycles. The van der Waals surface area contributed by atoms with Gasteiger partial charge in [-0.1, -0.05) is 11.6 Å². The fraction of sp³-hybridized carbons (Fsp3) is 0.333. The number of hydrogen-bond donors (Lipinski definition) is 1. The van der Waals surface area contributed by atoms with Gasteiger partial charge in [0, 0.05) is 23.8 Å². The van der Waals surface area contributed by atoms with Crippen molar-refractivity contribution in [3.8, 4) is 0 Å². The lowest BCUT2D eigenvalue weighted by Gasteiger charge is -2.14. The average molecular weight is 321 g/mol. The van der Waals surface area contributed by atoms with Crippen molar-refractivity contribution < 1.29 is 0 Å². The Morgan fingerprint density at radius 2 is 2.10 bits per heavy atom. The molecule has 0 radical (unpaired) electrons. The number of rotatable bonds is 4. The lowest BCUT2D eigenvalue weighted by atomic mass is 10.2. The fourth-order valence-corrected chi connectivity index (χ4v) is 3.38. The zero-order chi connectivity index (χ0) is 15.0. The third kappa shape index (κ3) is 2.76. The second kappa shape index (κ2) is 5.66. The van der Waals surface area contributed by atoms with Crippen LogP contribution in [0.1, 0.15) is 38.4 Å². The smallest absolute Gasteiger partial charge is 0.140 e.